The summed E-state index contributed by atoms with van der Waals surface area (Å²) in [4.78, 5) is 11.3. The maximum Gasteiger partial charge on any atom is 0.306 e. The van der Waals surface area contributed by atoms with Crippen LogP contribution in [0.15, 0.2) is 0 Å². The molecule has 0 N–H and O–H groups in total. The smallest absolute Gasteiger partial charge is 0.306 e. The van der Waals surface area contributed by atoms with Gasteiger partial charge in [-0.1, -0.05) is 6.92 Å². The molecule has 1 spiro atoms. The van der Waals surface area contributed by atoms with Gasteiger partial charge >= 0.3 is 5.97 Å². The molecule has 0 aromatic heterocycles. The fraction of sp³-hybridized carbons (Fsp3) is 0.923. The molecule has 2 saturated heterocycles. The van der Waals surface area contributed by atoms with Crippen LogP contribution in [-0.2, 0) is 29.8 Å². The average Bonchev–Trinajstić information content (AvgIpc) is 2.85. The molecule has 2 aliphatic rings. The largest absolute Gasteiger partial charge is 0.469 e. The van der Waals surface area contributed by atoms with Crippen molar-refractivity contribution in [3.8, 4) is 0 Å². The molecule has 110 valence electrons. The van der Waals surface area contributed by atoms with Crippen molar-refractivity contribution in [2.75, 3.05) is 26.9 Å². The molecule has 0 radical (unpaired) electrons. The number of hydrogen-bond acceptors (Lipinski definition) is 5. The SMILES string of the molecule is COC(=O)CC(C)S(=O)C1CCOC2(CCOC2)C1. The van der Waals surface area contributed by atoms with Gasteiger partial charge in [0.25, 0.3) is 0 Å². The standard InChI is InChI=1S/C13H22O5S/c1-10(7-12(14)16-2)19(15)11-3-5-18-13(8-11)4-6-17-9-13/h10-11H,3-9H2,1-2H3. The van der Waals surface area contributed by atoms with E-state index in [-0.39, 0.29) is 28.5 Å². The molecule has 2 rings (SSSR count). The number of carbonyl (C=O) groups excluding carboxylic acids is 1. The van der Waals surface area contributed by atoms with Gasteiger partial charge in [0.05, 0.1) is 25.7 Å². The summed E-state index contributed by atoms with van der Waals surface area (Å²) in [6.45, 7) is 3.80. The fourth-order valence-electron chi connectivity index (χ4n) is 2.77. The zero-order chi connectivity index (χ0) is 13.9. The van der Waals surface area contributed by atoms with E-state index in [0.717, 1.165) is 25.9 Å². The van der Waals surface area contributed by atoms with Crippen LogP contribution in [0.4, 0.5) is 0 Å². The predicted octanol–water partition coefficient (Wildman–Crippen LogP) is 1.02. The first-order valence-corrected chi connectivity index (χ1v) is 8.02. The van der Waals surface area contributed by atoms with E-state index < -0.39 is 10.8 Å². The van der Waals surface area contributed by atoms with E-state index >= 15 is 0 Å². The Balaban J connectivity index is 1.93. The highest BCUT2D eigenvalue weighted by atomic mass is 32.2. The zero-order valence-electron chi connectivity index (χ0n) is 11.6. The van der Waals surface area contributed by atoms with Crippen molar-refractivity contribution < 1.29 is 23.2 Å². The Morgan fingerprint density at radius 3 is 2.95 bits per heavy atom. The lowest BCUT2D eigenvalue weighted by Crippen LogP contribution is -2.45. The maximum absolute atomic E-state index is 12.5. The van der Waals surface area contributed by atoms with Crippen molar-refractivity contribution in [1.82, 2.24) is 0 Å². The number of rotatable bonds is 4. The van der Waals surface area contributed by atoms with E-state index in [0.29, 0.717) is 13.2 Å². The van der Waals surface area contributed by atoms with Gasteiger partial charge < -0.3 is 14.2 Å². The number of carbonyl (C=O) groups is 1. The first-order chi connectivity index (χ1) is 9.06. The average molecular weight is 290 g/mol. The molecular weight excluding hydrogens is 268 g/mol. The third kappa shape index (κ3) is 3.55. The predicted molar refractivity (Wildman–Crippen MR) is 71.4 cm³/mol. The van der Waals surface area contributed by atoms with Crippen molar-refractivity contribution in [3.63, 3.8) is 0 Å². The van der Waals surface area contributed by atoms with Crippen molar-refractivity contribution in [3.05, 3.63) is 0 Å². The molecule has 0 aromatic carbocycles. The van der Waals surface area contributed by atoms with Crippen LogP contribution >= 0.6 is 0 Å². The Morgan fingerprint density at radius 1 is 1.53 bits per heavy atom. The van der Waals surface area contributed by atoms with Crippen molar-refractivity contribution in [2.24, 2.45) is 0 Å². The Hall–Kier alpha value is -0.460. The van der Waals surface area contributed by atoms with Gasteiger partial charge in [0, 0.05) is 40.9 Å². The second kappa shape index (κ2) is 6.33. The summed E-state index contributed by atoms with van der Waals surface area (Å²) in [6, 6.07) is 0. The summed E-state index contributed by atoms with van der Waals surface area (Å²) >= 11 is 0. The Bertz CT molecular complexity index is 351. The number of ether oxygens (including phenoxy) is 3. The van der Waals surface area contributed by atoms with E-state index in [1.807, 2.05) is 6.92 Å². The summed E-state index contributed by atoms with van der Waals surface area (Å²) in [5.41, 5.74) is -0.233. The van der Waals surface area contributed by atoms with Crippen LogP contribution in [0.3, 0.4) is 0 Å². The summed E-state index contributed by atoms with van der Waals surface area (Å²) in [7, 11) is 0.327. The van der Waals surface area contributed by atoms with Gasteiger partial charge in [0.15, 0.2) is 0 Å². The van der Waals surface area contributed by atoms with Gasteiger partial charge in [-0.15, -0.1) is 0 Å². The Labute approximate surface area is 116 Å². The van der Waals surface area contributed by atoms with Crippen molar-refractivity contribution >= 4 is 16.8 Å². The summed E-state index contributed by atoms with van der Waals surface area (Å²) in [5.74, 6) is -0.299. The lowest BCUT2D eigenvalue weighted by atomic mass is 9.93. The summed E-state index contributed by atoms with van der Waals surface area (Å²) in [5, 5.41) is -0.0787. The van der Waals surface area contributed by atoms with E-state index in [2.05, 4.69) is 4.74 Å². The van der Waals surface area contributed by atoms with E-state index in [1.165, 1.54) is 7.11 Å². The van der Waals surface area contributed by atoms with E-state index in [4.69, 9.17) is 9.47 Å². The van der Waals surface area contributed by atoms with Gasteiger partial charge in [-0.2, -0.15) is 0 Å². The number of methoxy groups -OCH3 is 1. The van der Waals surface area contributed by atoms with E-state index in [9.17, 15) is 9.00 Å². The van der Waals surface area contributed by atoms with Crippen LogP contribution < -0.4 is 0 Å². The number of hydrogen-bond donors (Lipinski definition) is 0. The molecule has 0 saturated carbocycles. The van der Waals surface area contributed by atoms with Gasteiger partial charge in [-0.3, -0.25) is 9.00 Å². The lowest BCUT2D eigenvalue weighted by molar-refractivity contribution is -0.140. The summed E-state index contributed by atoms with van der Waals surface area (Å²) in [6.07, 6.45) is 2.65. The molecule has 4 unspecified atom stereocenters. The van der Waals surface area contributed by atoms with Crippen molar-refractivity contribution in [1.29, 1.82) is 0 Å². The highest BCUT2D eigenvalue weighted by Gasteiger charge is 2.43. The molecule has 4 atom stereocenters. The minimum Gasteiger partial charge on any atom is -0.469 e. The van der Waals surface area contributed by atoms with Gasteiger partial charge in [-0.25, -0.2) is 0 Å². The van der Waals surface area contributed by atoms with Gasteiger partial charge in [-0.05, 0) is 12.8 Å². The maximum atomic E-state index is 12.5. The van der Waals surface area contributed by atoms with Crippen LogP contribution in [0.25, 0.3) is 0 Å². The van der Waals surface area contributed by atoms with Crippen LogP contribution in [0.5, 0.6) is 0 Å². The number of esters is 1. The molecule has 2 fully saturated rings. The molecule has 0 aromatic rings. The molecule has 2 heterocycles. The Morgan fingerprint density at radius 2 is 2.32 bits per heavy atom. The fourth-order valence-corrected chi connectivity index (χ4v) is 4.53. The van der Waals surface area contributed by atoms with Crippen LogP contribution in [-0.4, -0.2) is 53.2 Å². The topological polar surface area (TPSA) is 61.8 Å². The second-order valence-corrected chi connectivity index (χ2v) is 7.50. The quantitative estimate of drug-likeness (QED) is 0.724. The second-order valence-electron chi connectivity index (χ2n) is 5.37. The zero-order valence-corrected chi connectivity index (χ0v) is 12.4. The molecule has 6 heteroatoms. The summed E-state index contributed by atoms with van der Waals surface area (Å²) < 4.78 is 28.4. The van der Waals surface area contributed by atoms with Gasteiger partial charge in [0.2, 0.25) is 0 Å². The molecule has 19 heavy (non-hydrogen) atoms. The Kier molecular flexibility index (Phi) is 4.97. The van der Waals surface area contributed by atoms with Crippen LogP contribution in [0.1, 0.15) is 32.6 Å². The monoisotopic (exact) mass is 290 g/mol. The van der Waals surface area contributed by atoms with Gasteiger partial charge in [0.1, 0.15) is 0 Å². The first kappa shape index (κ1) is 14.9. The molecule has 0 bridgehead atoms. The minimum absolute atomic E-state index is 0.0927. The molecule has 0 amide bonds. The van der Waals surface area contributed by atoms with Crippen molar-refractivity contribution in [2.45, 2.75) is 48.7 Å². The first-order valence-electron chi connectivity index (χ1n) is 6.74. The third-order valence-corrected chi connectivity index (χ3v) is 5.94. The highest BCUT2D eigenvalue weighted by molar-refractivity contribution is 7.86. The lowest BCUT2D eigenvalue weighted by Gasteiger charge is -2.37. The van der Waals surface area contributed by atoms with Crippen LogP contribution in [0, 0.1) is 0 Å². The third-order valence-electron chi connectivity index (χ3n) is 3.92. The van der Waals surface area contributed by atoms with Crippen LogP contribution in [0.2, 0.25) is 0 Å². The van der Waals surface area contributed by atoms with E-state index in [1.54, 1.807) is 0 Å². The molecule has 0 aliphatic carbocycles. The highest BCUT2D eigenvalue weighted by Crippen LogP contribution is 2.35. The minimum atomic E-state index is -1.03. The normalized spacial score (nSPS) is 34.1. The molecule has 5 nitrogen and oxygen atoms in total. The molecular formula is C13H22O5S. The molecule has 2 aliphatic heterocycles.